The number of carbonyl (C=O) groups excluding carboxylic acids is 2. The summed E-state index contributed by atoms with van der Waals surface area (Å²) < 4.78 is 5.26. The Balaban J connectivity index is 0.000000568. The summed E-state index contributed by atoms with van der Waals surface area (Å²) in [6.07, 6.45) is 0.707. The summed E-state index contributed by atoms with van der Waals surface area (Å²) in [4.78, 5) is 49.1. The average molecular weight is 400 g/mol. The van der Waals surface area contributed by atoms with Crippen molar-refractivity contribution in [3.63, 3.8) is 0 Å². The Kier molecular flexibility index (Phi) is 7.51. The van der Waals surface area contributed by atoms with Crippen molar-refractivity contribution >= 4 is 29.9 Å². The topological polar surface area (TPSA) is 158 Å². The number of alkyl carbamates (subject to hydrolysis) is 1. The molecule has 158 valence electrons. The summed E-state index contributed by atoms with van der Waals surface area (Å²) in [6, 6.07) is -0.0737. The third-order valence-electron chi connectivity index (χ3n) is 3.91. The van der Waals surface area contributed by atoms with Gasteiger partial charge in [-0.25, -0.2) is 19.4 Å². The molecule has 0 aliphatic carbocycles. The molecule has 4 N–H and O–H groups in total. The average Bonchev–Trinajstić information content (AvgIpc) is 2.78. The SMILES string of the molecule is CC(C)N1C(=O)C2(CCNCC2)N=C1NC(=O)OC(C)(C)C.O=C(O)C(=O)O. The van der Waals surface area contributed by atoms with Crippen molar-refractivity contribution in [2.24, 2.45) is 4.99 Å². The molecular formula is C17H28N4O7. The van der Waals surface area contributed by atoms with Crippen LogP contribution in [0.3, 0.4) is 0 Å². The summed E-state index contributed by atoms with van der Waals surface area (Å²) in [5.74, 6) is -3.38. The van der Waals surface area contributed by atoms with E-state index in [9.17, 15) is 9.59 Å². The lowest BCUT2D eigenvalue weighted by Crippen LogP contribution is -2.52. The van der Waals surface area contributed by atoms with Crippen LogP contribution in [0.1, 0.15) is 47.5 Å². The van der Waals surface area contributed by atoms with Crippen LogP contribution in [-0.4, -0.2) is 75.3 Å². The van der Waals surface area contributed by atoms with Crippen LogP contribution in [0.5, 0.6) is 0 Å². The molecule has 1 fully saturated rings. The highest BCUT2D eigenvalue weighted by molar-refractivity contribution is 6.27. The number of hydrogen-bond donors (Lipinski definition) is 4. The lowest BCUT2D eigenvalue weighted by atomic mass is 9.88. The predicted octanol–water partition coefficient (Wildman–Crippen LogP) is 0.396. The van der Waals surface area contributed by atoms with Crippen molar-refractivity contribution in [3.8, 4) is 0 Å². The van der Waals surface area contributed by atoms with Gasteiger partial charge in [-0.05, 0) is 60.5 Å². The van der Waals surface area contributed by atoms with Crippen molar-refractivity contribution in [1.29, 1.82) is 0 Å². The quantitative estimate of drug-likeness (QED) is 0.460. The van der Waals surface area contributed by atoms with Crippen LogP contribution in [0.2, 0.25) is 0 Å². The van der Waals surface area contributed by atoms with Crippen LogP contribution in [0.15, 0.2) is 4.99 Å². The van der Waals surface area contributed by atoms with Gasteiger partial charge in [-0.3, -0.25) is 15.0 Å². The van der Waals surface area contributed by atoms with E-state index in [1.165, 1.54) is 0 Å². The van der Waals surface area contributed by atoms with Gasteiger partial charge in [0.15, 0.2) is 0 Å². The van der Waals surface area contributed by atoms with Crippen LogP contribution in [0.4, 0.5) is 4.79 Å². The summed E-state index contributed by atoms with van der Waals surface area (Å²) in [5.41, 5.74) is -1.33. The molecule has 2 aliphatic heterocycles. The number of hydrogen-bond acceptors (Lipinski definition) is 7. The molecule has 0 saturated carbocycles. The Morgan fingerprint density at radius 1 is 1.18 bits per heavy atom. The highest BCUT2D eigenvalue weighted by atomic mass is 16.6. The third kappa shape index (κ3) is 6.19. The van der Waals surface area contributed by atoms with Gasteiger partial charge < -0.3 is 20.3 Å². The molecule has 2 amide bonds. The lowest BCUT2D eigenvalue weighted by molar-refractivity contribution is -0.159. The van der Waals surface area contributed by atoms with Crippen LogP contribution < -0.4 is 10.6 Å². The smallest absolute Gasteiger partial charge is 0.414 e. The zero-order valence-corrected chi connectivity index (χ0v) is 16.7. The zero-order chi connectivity index (χ0) is 21.7. The molecule has 2 rings (SSSR count). The van der Waals surface area contributed by atoms with Gasteiger partial charge in [-0.2, -0.15) is 0 Å². The Bertz CT molecular complexity index is 649. The Morgan fingerprint density at radius 2 is 1.68 bits per heavy atom. The Labute approximate surface area is 163 Å². The van der Waals surface area contributed by atoms with E-state index in [0.29, 0.717) is 18.8 Å². The van der Waals surface area contributed by atoms with Gasteiger partial charge in [-0.1, -0.05) is 0 Å². The molecule has 28 heavy (non-hydrogen) atoms. The number of amides is 2. The van der Waals surface area contributed by atoms with Crippen LogP contribution in [-0.2, 0) is 19.1 Å². The Morgan fingerprint density at radius 3 is 2.07 bits per heavy atom. The number of nitrogens with zero attached hydrogens (tertiary/aromatic N) is 2. The Hall–Kier alpha value is -2.69. The van der Waals surface area contributed by atoms with Crippen molar-refractivity contribution in [2.45, 2.75) is 64.6 Å². The van der Waals surface area contributed by atoms with E-state index >= 15 is 0 Å². The second kappa shape index (κ2) is 9.00. The molecule has 0 aromatic rings. The lowest BCUT2D eigenvalue weighted by Gasteiger charge is -2.31. The summed E-state index contributed by atoms with van der Waals surface area (Å²) >= 11 is 0. The number of ether oxygens (including phenoxy) is 1. The molecule has 1 spiro atoms. The van der Waals surface area contributed by atoms with E-state index in [1.54, 1.807) is 25.7 Å². The molecule has 2 aliphatic rings. The molecule has 0 bridgehead atoms. The molecule has 0 aromatic heterocycles. The fraction of sp³-hybridized carbons (Fsp3) is 0.706. The minimum absolute atomic E-state index is 0.0324. The minimum Gasteiger partial charge on any atom is -0.473 e. The van der Waals surface area contributed by atoms with Crippen LogP contribution in [0, 0.1) is 0 Å². The maximum absolute atomic E-state index is 12.8. The van der Waals surface area contributed by atoms with E-state index in [-0.39, 0.29) is 11.9 Å². The van der Waals surface area contributed by atoms with Crippen molar-refractivity contribution in [3.05, 3.63) is 0 Å². The maximum Gasteiger partial charge on any atom is 0.414 e. The van der Waals surface area contributed by atoms with Gasteiger partial charge in [0.25, 0.3) is 5.91 Å². The first kappa shape index (κ1) is 23.3. The summed E-state index contributed by atoms with van der Waals surface area (Å²) in [7, 11) is 0. The van der Waals surface area contributed by atoms with Crippen LogP contribution >= 0.6 is 0 Å². The van der Waals surface area contributed by atoms with E-state index in [1.807, 2.05) is 13.8 Å². The second-order valence-electron chi connectivity index (χ2n) is 7.72. The predicted molar refractivity (Wildman–Crippen MR) is 98.9 cm³/mol. The number of aliphatic carboxylic acids is 2. The number of piperidine rings is 1. The molecule has 11 heteroatoms. The first-order valence-electron chi connectivity index (χ1n) is 8.89. The monoisotopic (exact) mass is 400 g/mol. The first-order valence-corrected chi connectivity index (χ1v) is 8.89. The van der Waals surface area contributed by atoms with Crippen molar-refractivity contribution in [1.82, 2.24) is 15.5 Å². The largest absolute Gasteiger partial charge is 0.473 e. The number of nitrogens with one attached hydrogen (secondary N) is 2. The highest BCUT2D eigenvalue weighted by Gasteiger charge is 2.50. The standard InChI is InChI=1S/C15H26N4O3.C2H2O4/c1-10(2)19-11(20)15(6-8-16-9-7-15)18-12(19)17-13(21)22-14(3,4)5;3-1(4)2(5)6/h10,16H,6-9H2,1-5H3,(H,17,18,21);(H,3,4)(H,5,6). The van der Waals surface area contributed by atoms with Gasteiger partial charge in [0, 0.05) is 6.04 Å². The molecule has 0 aromatic carbocycles. The highest BCUT2D eigenvalue weighted by Crippen LogP contribution is 2.32. The molecule has 1 saturated heterocycles. The number of aliphatic imine (C=N–C) groups is 1. The summed E-state index contributed by atoms with van der Waals surface area (Å²) in [5, 5.41) is 20.7. The normalized spacial score (nSPS) is 18.3. The molecule has 0 unspecified atom stereocenters. The number of rotatable bonds is 1. The van der Waals surface area contributed by atoms with Gasteiger partial charge >= 0.3 is 18.0 Å². The van der Waals surface area contributed by atoms with Gasteiger partial charge in [0.1, 0.15) is 11.1 Å². The molecule has 0 atom stereocenters. The first-order chi connectivity index (χ1) is 12.8. The number of carbonyl (C=O) groups is 4. The molecule has 11 nitrogen and oxygen atoms in total. The van der Waals surface area contributed by atoms with E-state index in [4.69, 9.17) is 24.5 Å². The van der Waals surface area contributed by atoms with E-state index in [0.717, 1.165) is 13.1 Å². The fourth-order valence-corrected chi connectivity index (χ4v) is 2.75. The zero-order valence-electron chi connectivity index (χ0n) is 16.7. The van der Waals surface area contributed by atoms with Crippen molar-refractivity contribution < 1.29 is 34.1 Å². The molecule has 2 heterocycles. The molecular weight excluding hydrogens is 372 g/mol. The number of carboxylic acids is 2. The van der Waals surface area contributed by atoms with E-state index < -0.39 is 29.2 Å². The van der Waals surface area contributed by atoms with E-state index in [2.05, 4.69) is 15.6 Å². The van der Waals surface area contributed by atoms with Gasteiger partial charge in [0.2, 0.25) is 5.96 Å². The fourth-order valence-electron chi connectivity index (χ4n) is 2.75. The maximum atomic E-state index is 12.8. The second-order valence-corrected chi connectivity index (χ2v) is 7.72. The van der Waals surface area contributed by atoms with Gasteiger partial charge in [0.05, 0.1) is 0 Å². The van der Waals surface area contributed by atoms with Gasteiger partial charge in [-0.15, -0.1) is 0 Å². The van der Waals surface area contributed by atoms with Crippen LogP contribution in [0.25, 0.3) is 0 Å². The number of guanidine groups is 1. The molecule has 0 radical (unpaired) electrons. The third-order valence-corrected chi connectivity index (χ3v) is 3.91. The minimum atomic E-state index is -1.82. The van der Waals surface area contributed by atoms with Crippen molar-refractivity contribution in [2.75, 3.05) is 13.1 Å². The summed E-state index contributed by atoms with van der Waals surface area (Å²) in [6.45, 7) is 10.7. The number of carboxylic acid groups (broad SMARTS) is 2.